The Morgan fingerprint density at radius 2 is 2.12 bits per heavy atom. The fourth-order valence-corrected chi connectivity index (χ4v) is 4.30. The third kappa shape index (κ3) is 3.18. The van der Waals surface area contributed by atoms with Crippen molar-refractivity contribution in [3.05, 3.63) is 36.7 Å². The van der Waals surface area contributed by atoms with Crippen molar-refractivity contribution in [1.82, 2.24) is 20.3 Å². The fraction of sp³-hybridized carbons (Fsp3) is 0.579. The van der Waals surface area contributed by atoms with E-state index in [0.717, 1.165) is 29.9 Å². The molecular formula is C19H26N4O. The summed E-state index contributed by atoms with van der Waals surface area (Å²) in [5, 5.41) is 11.4. The van der Waals surface area contributed by atoms with E-state index in [4.69, 9.17) is 4.74 Å². The Morgan fingerprint density at radius 3 is 2.79 bits per heavy atom. The summed E-state index contributed by atoms with van der Waals surface area (Å²) in [6.45, 7) is 5.58. The zero-order chi connectivity index (χ0) is 16.4. The van der Waals surface area contributed by atoms with Gasteiger partial charge in [0.25, 0.3) is 0 Å². The Kier molecular flexibility index (Phi) is 4.27. The summed E-state index contributed by atoms with van der Waals surface area (Å²) in [6, 6.07) is 8.07. The van der Waals surface area contributed by atoms with Crippen molar-refractivity contribution in [3.63, 3.8) is 0 Å². The molecule has 2 atom stereocenters. The third-order valence-electron chi connectivity index (χ3n) is 5.86. The highest BCUT2D eigenvalue weighted by molar-refractivity contribution is 5.36. The summed E-state index contributed by atoms with van der Waals surface area (Å²) < 4.78 is 7.77. The Morgan fingerprint density at radius 1 is 1.29 bits per heavy atom. The van der Waals surface area contributed by atoms with Crippen LogP contribution >= 0.6 is 0 Å². The number of nitrogens with zero attached hydrogens (tertiary/aromatic N) is 3. The highest BCUT2D eigenvalue weighted by atomic mass is 16.5. The van der Waals surface area contributed by atoms with Crippen LogP contribution in [0.25, 0.3) is 5.69 Å². The number of aromatic nitrogens is 3. The van der Waals surface area contributed by atoms with Crippen molar-refractivity contribution in [1.29, 1.82) is 0 Å². The van der Waals surface area contributed by atoms with E-state index < -0.39 is 0 Å². The number of benzene rings is 1. The SMILES string of the molecule is CC1CNCCC1C1(CCOc2ccc(-n3ccnn3)cc2)CC1. The maximum Gasteiger partial charge on any atom is 0.119 e. The van der Waals surface area contributed by atoms with Crippen LogP contribution in [0.15, 0.2) is 36.7 Å². The van der Waals surface area contributed by atoms with E-state index in [1.807, 2.05) is 30.5 Å². The maximum absolute atomic E-state index is 6.02. The van der Waals surface area contributed by atoms with Gasteiger partial charge < -0.3 is 10.1 Å². The van der Waals surface area contributed by atoms with Crippen molar-refractivity contribution < 1.29 is 4.74 Å². The quantitative estimate of drug-likeness (QED) is 0.886. The first-order chi connectivity index (χ1) is 11.8. The lowest BCUT2D eigenvalue weighted by atomic mass is 9.74. The lowest BCUT2D eigenvalue weighted by Gasteiger charge is -2.36. The number of rotatable bonds is 6. The van der Waals surface area contributed by atoms with Crippen LogP contribution in [0.1, 0.15) is 32.6 Å². The van der Waals surface area contributed by atoms with Crippen molar-refractivity contribution in [3.8, 4) is 11.4 Å². The van der Waals surface area contributed by atoms with Gasteiger partial charge in [-0.15, -0.1) is 5.10 Å². The van der Waals surface area contributed by atoms with Crippen LogP contribution in [0.3, 0.4) is 0 Å². The molecule has 1 aromatic carbocycles. The normalized spacial score (nSPS) is 25.4. The van der Waals surface area contributed by atoms with Gasteiger partial charge in [0.2, 0.25) is 0 Å². The molecule has 1 aromatic heterocycles. The Balaban J connectivity index is 1.31. The van der Waals surface area contributed by atoms with Gasteiger partial charge in [0.1, 0.15) is 5.75 Å². The molecule has 5 nitrogen and oxygen atoms in total. The largest absolute Gasteiger partial charge is 0.494 e. The van der Waals surface area contributed by atoms with Crippen LogP contribution in [0.5, 0.6) is 5.75 Å². The minimum Gasteiger partial charge on any atom is -0.494 e. The summed E-state index contributed by atoms with van der Waals surface area (Å²) in [7, 11) is 0. The second kappa shape index (κ2) is 6.55. The molecule has 2 fully saturated rings. The molecule has 24 heavy (non-hydrogen) atoms. The molecule has 0 amide bonds. The van der Waals surface area contributed by atoms with Gasteiger partial charge in [0.15, 0.2) is 0 Å². The molecule has 0 spiro atoms. The minimum absolute atomic E-state index is 0.558. The molecule has 2 aromatic rings. The molecule has 128 valence electrons. The molecule has 1 aliphatic carbocycles. The molecular weight excluding hydrogens is 300 g/mol. The fourth-order valence-electron chi connectivity index (χ4n) is 4.30. The van der Waals surface area contributed by atoms with Crippen LogP contribution in [-0.4, -0.2) is 34.7 Å². The molecule has 2 unspecified atom stereocenters. The average molecular weight is 326 g/mol. The molecule has 0 radical (unpaired) electrons. The third-order valence-corrected chi connectivity index (χ3v) is 5.86. The van der Waals surface area contributed by atoms with E-state index in [0.29, 0.717) is 5.41 Å². The van der Waals surface area contributed by atoms with Gasteiger partial charge in [-0.25, -0.2) is 4.68 Å². The first-order valence-electron chi connectivity index (χ1n) is 9.07. The van der Waals surface area contributed by atoms with Gasteiger partial charge in [-0.05, 0) is 80.3 Å². The Hall–Kier alpha value is -1.88. The molecule has 1 saturated carbocycles. The lowest BCUT2D eigenvalue weighted by Crippen LogP contribution is -2.39. The molecule has 2 aliphatic rings. The van der Waals surface area contributed by atoms with Gasteiger partial charge >= 0.3 is 0 Å². The number of ether oxygens (including phenoxy) is 1. The van der Waals surface area contributed by atoms with Crippen LogP contribution < -0.4 is 10.1 Å². The zero-order valence-corrected chi connectivity index (χ0v) is 14.3. The smallest absolute Gasteiger partial charge is 0.119 e. The first-order valence-corrected chi connectivity index (χ1v) is 9.07. The monoisotopic (exact) mass is 326 g/mol. The van der Waals surface area contributed by atoms with Crippen LogP contribution in [0.2, 0.25) is 0 Å². The van der Waals surface area contributed by atoms with Crippen molar-refractivity contribution in [2.45, 2.75) is 32.6 Å². The number of hydrogen-bond acceptors (Lipinski definition) is 4. The number of hydrogen-bond donors (Lipinski definition) is 1. The lowest BCUT2D eigenvalue weighted by molar-refractivity contribution is 0.138. The predicted molar refractivity (Wildman–Crippen MR) is 93.3 cm³/mol. The van der Waals surface area contributed by atoms with E-state index in [-0.39, 0.29) is 0 Å². The Bertz CT molecular complexity index is 649. The van der Waals surface area contributed by atoms with Crippen LogP contribution in [0, 0.1) is 17.3 Å². The number of piperidine rings is 1. The topological polar surface area (TPSA) is 52.0 Å². The predicted octanol–water partition coefficient (Wildman–Crippen LogP) is 3.06. The standard InChI is InChI=1S/C19H26N4O/c1-15-14-20-10-6-18(15)19(7-8-19)9-13-24-17-4-2-16(3-5-17)23-12-11-21-22-23/h2-5,11-12,15,18,20H,6-10,13-14H2,1H3. The summed E-state index contributed by atoms with van der Waals surface area (Å²) in [6.07, 6.45) is 8.81. The van der Waals surface area contributed by atoms with E-state index in [1.54, 1.807) is 10.9 Å². The molecule has 0 bridgehead atoms. The summed E-state index contributed by atoms with van der Waals surface area (Å²) in [5.74, 6) is 2.60. The molecule has 2 heterocycles. The van der Waals surface area contributed by atoms with E-state index in [1.165, 1.54) is 38.8 Å². The number of nitrogens with one attached hydrogen (secondary N) is 1. The van der Waals surface area contributed by atoms with Gasteiger partial charge in [-0.2, -0.15) is 0 Å². The average Bonchev–Trinajstić information content (AvgIpc) is 3.18. The zero-order valence-electron chi connectivity index (χ0n) is 14.3. The molecule has 5 heteroatoms. The summed E-state index contributed by atoms with van der Waals surface area (Å²) in [4.78, 5) is 0. The van der Waals surface area contributed by atoms with Crippen molar-refractivity contribution in [2.75, 3.05) is 19.7 Å². The second-order valence-corrected chi connectivity index (χ2v) is 7.38. The Labute approximate surface area is 143 Å². The van der Waals surface area contributed by atoms with E-state index >= 15 is 0 Å². The van der Waals surface area contributed by atoms with Crippen molar-refractivity contribution in [2.24, 2.45) is 17.3 Å². The summed E-state index contributed by atoms with van der Waals surface area (Å²) >= 11 is 0. The van der Waals surface area contributed by atoms with Gasteiger partial charge in [-0.3, -0.25) is 0 Å². The molecule has 1 N–H and O–H groups in total. The van der Waals surface area contributed by atoms with Gasteiger partial charge in [0.05, 0.1) is 24.7 Å². The molecule has 1 saturated heterocycles. The minimum atomic E-state index is 0.558. The van der Waals surface area contributed by atoms with Crippen LogP contribution in [-0.2, 0) is 0 Å². The summed E-state index contributed by atoms with van der Waals surface area (Å²) in [5.41, 5.74) is 1.56. The second-order valence-electron chi connectivity index (χ2n) is 7.38. The van der Waals surface area contributed by atoms with Crippen LogP contribution in [0.4, 0.5) is 0 Å². The van der Waals surface area contributed by atoms with Gasteiger partial charge in [0, 0.05) is 0 Å². The molecule has 1 aliphatic heterocycles. The first kappa shape index (κ1) is 15.6. The highest BCUT2D eigenvalue weighted by Gasteiger charge is 2.50. The van der Waals surface area contributed by atoms with Crippen molar-refractivity contribution >= 4 is 0 Å². The highest BCUT2D eigenvalue weighted by Crippen LogP contribution is 2.58. The van der Waals surface area contributed by atoms with E-state index in [9.17, 15) is 0 Å². The van der Waals surface area contributed by atoms with Gasteiger partial charge in [-0.1, -0.05) is 12.1 Å². The molecule has 4 rings (SSSR count). The maximum atomic E-state index is 6.02. The van der Waals surface area contributed by atoms with E-state index in [2.05, 4.69) is 22.6 Å².